The number of non-ortho nitro benzene ring substituents is 1. The Morgan fingerprint density at radius 2 is 1.84 bits per heavy atom. The van der Waals surface area contributed by atoms with Gasteiger partial charge in [-0.2, -0.15) is 4.31 Å². The van der Waals surface area contributed by atoms with Crippen molar-refractivity contribution >= 4 is 21.6 Å². The van der Waals surface area contributed by atoms with Gasteiger partial charge in [0, 0.05) is 38.3 Å². The maximum absolute atomic E-state index is 13.8. The van der Waals surface area contributed by atoms with Crippen molar-refractivity contribution in [3.05, 3.63) is 63.5 Å². The summed E-state index contributed by atoms with van der Waals surface area (Å²) in [4.78, 5) is 24.3. The number of carbonyl (C=O) groups is 1. The number of hydrogen-bond acceptors (Lipinski definition) is 6. The van der Waals surface area contributed by atoms with E-state index in [0.29, 0.717) is 11.1 Å². The van der Waals surface area contributed by atoms with Gasteiger partial charge in [0.1, 0.15) is 0 Å². The van der Waals surface area contributed by atoms with Crippen LogP contribution >= 0.6 is 0 Å². The number of amides is 1. The fourth-order valence-corrected chi connectivity index (χ4v) is 5.07. The number of methoxy groups -OCH3 is 1. The summed E-state index contributed by atoms with van der Waals surface area (Å²) in [6.45, 7) is 2.04. The average Bonchev–Trinajstić information content (AvgIpc) is 2.74. The number of hydrogen-bond donors (Lipinski definition) is 0. The number of nitro groups is 1. The highest BCUT2D eigenvalue weighted by atomic mass is 32.2. The van der Waals surface area contributed by atoms with Gasteiger partial charge < -0.3 is 9.64 Å². The maximum Gasteiger partial charge on any atom is 0.270 e. The van der Waals surface area contributed by atoms with Gasteiger partial charge >= 0.3 is 0 Å². The van der Waals surface area contributed by atoms with Gasteiger partial charge in [-0.25, -0.2) is 12.8 Å². The molecule has 0 saturated carbocycles. The zero-order chi connectivity index (χ0) is 22.8. The highest BCUT2D eigenvalue weighted by molar-refractivity contribution is 7.89. The van der Waals surface area contributed by atoms with Crippen molar-refractivity contribution in [1.82, 2.24) is 9.21 Å². The molecule has 0 radical (unpaired) electrons. The standard InChI is InChI=1S/C20H22FN3O6S/c1-14-3-5-16(24(26)27)13-19(14)31(28,29)23-9-7-22(8-10-23)20(25)12-15-4-6-18(30-2)17(21)11-15/h3-6,11,13H,7-10,12H2,1-2H3. The Kier molecular flexibility index (Phi) is 6.56. The van der Waals surface area contributed by atoms with Crippen LogP contribution in [-0.2, 0) is 21.2 Å². The number of piperazine rings is 1. The second-order valence-electron chi connectivity index (χ2n) is 7.14. The molecule has 9 nitrogen and oxygen atoms in total. The lowest BCUT2D eigenvalue weighted by molar-refractivity contribution is -0.385. The number of rotatable bonds is 6. The molecule has 11 heteroatoms. The molecule has 0 N–H and O–H groups in total. The average molecular weight is 451 g/mol. The van der Waals surface area contributed by atoms with Crippen molar-refractivity contribution < 1.29 is 27.3 Å². The van der Waals surface area contributed by atoms with Crippen molar-refractivity contribution in [3.63, 3.8) is 0 Å². The Labute approximate surface area is 179 Å². The summed E-state index contributed by atoms with van der Waals surface area (Å²) in [6, 6.07) is 8.00. The van der Waals surface area contributed by atoms with Crippen LogP contribution < -0.4 is 4.74 Å². The van der Waals surface area contributed by atoms with Crippen molar-refractivity contribution in [3.8, 4) is 5.75 Å². The Hall–Kier alpha value is -3.05. The number of aryl methyl sites for hydroxylation is 1. The lowest BCUT2D eigenvalue weighted by Gasteiger charge is -2.34. The van der Waals surface area contributed by atoms with Gasteiger partial charge in [0.05, 0.1) is 23.3 Å². The van der Waals surface area contributed by atoms with E-state index in [0.717, 1.165) is 6.07 Å². The first-order valence-electron chi connectivity index (χ1n) is 9.49. The smallest absolute Gasteiger partial charge is 0.270 e. The van der Waals surface area contributed by atoms with Crippen LogP contribution in [0.4, 0.5) is 10.1 Å². The summed E-state index contributed by atoms with van der Waals surface area (Å²) < 4.78 is 45.9. The van der Waals surface area contributed by atoms with E-state index in [1.807, 2.05) is 0 Å². The first-order valence-corrected chi connectivity index (χ1v) is 10.9. The highest BCUT2D eigenvalue weighted by Crippen LogP contribution is 2.26. The second kappa shape index (κ2) is 8.98. The Morgan fingerprint density at radius 3 is 2.42 bits per heavy atom. The maximum atomic E-state index is 13.8. The molecular formula is C20H22FN3O6S. The monoisotopic (exact) mass is 451 g/mol. The van der Waals surface area contributed by atoms with Crippen LogP contribution in [0.5, 0.6) is 5.75 Å². The van der Waals surface area contributed by atoms with Crippen LogP contribution in [0.15, 0.2) is 41.3 Å². The molecule has 0 aliphatic carbocycles. The predicted molar refractivity (Wildman–Crippen MR) is 110 cm³/mol. The molecule has 2 aromatic carbocycles. The lowest BCUT2D eigenvalue weighted by atomic mass is 10.1. The molecule has 1 saturated heterocycles. The molecule has 0 bridgehead atoms. The highest BCUT2D eigenvalue weighted by Gasteiger charge is 2.32. The number of sulfonamides is 1. The summed E-state index contributed by atoms with van der Waals surface area (Å²) in [5.41, 5.74) is 0.598. The third-order valence-electron chi connectivity index (χ3n) is 5.16. The fourth-order valence-electron chi connectivity index (χ4n) is 3.40. The number of benzene rings is 2. The molecule has 166 valence electrons. The van der Waals surface area contributed by atoms with Crippen LogP contribution in [0.25, 0.3) is 0 Å². The summed E-state index contributed by atoms with van der Waals surface area (Å²) in [5.74, 6) is -0.712. The number of ether oxygens (including phenoxy) is 1. The van der Waals surface area contributed by atoms with Gasteiger partial charge in [0.25, 0.3) is 5.69 Å². The van der Waals surface area contributed by atoms with Crippen molar-refractivity contribution in [2.45, 2.75) is 18.2 Å². The SMILES string of the molecule is COc1ccc(CC(=O)N2CCN(S(=O)(=O)c3cc([N+](=O)[O-])ccc3C)CC2)cc1F. The zero-order valence-electron chi connectivity index (χ0n) is 17.1. The molecule has 31 heavy (non-hydrogen) atoms. The van der Waals surface area contributed by atoms with Gasteiger partial charge in [0.15, 0.2) is 11.6 Å². The van der Waals surface area contributed by atoms with Crippen molar-refractivity contribution in [1.29, 1.82) is 0 Å². The zero-order valence-corrected chi connectivity index (χ0v) is 17.9. The van der Waals surface area contributed by atoms with E-state index in [4.69, 9.17) is 4.74 Å². The Bertz CT molecular complexity index is 1110. The fraction of sp³-hybridized carbons (Fsp3) is 0.350. The molecule has 0 aromatic heterocycles. The molecule has 0 spiro atoms. The van der Waals surface area contributed by atoms with Crippen LogP contribution in [0, 0.1) is 22.9 Å². The summed E-state index contributed by atoms with van der Waals surface area (Å²) in [7, 11) is -2.59. The Morgan fingerprint density at radius 1 is 1.16 bits per heavy atom. The molecule has 1 fully saturated rings. The third kappa shape index (κ3) is 4.83. The number of halogens is 1. The molecule has 1 amide bonds. The van der Waals surface area contributed by atoms with Crippen LogP contribution in [0.3, 0.4) is 0 Å². The number of nitrogens with zero attached hydrogens (tertiary/aromatic N) is 3. The molecule has 0 unspecified atom stereocenters. The normalized spacial score (nSPS) is 15.0. The molecule has 3 rings (SSSR count). The van der Waals surface area contributed by atoms with Gasteiger partial charge in [0.2, 0.25) is 15.9 Å². The minimum absolute atomic E-state index is 0.0162. The molecule has 1 aliphatic rings. The molecular weight excluding hydrogens is 429 g/mol. The minimum atomic E-state index is -3.94. The second-order valence-corrected chi connectivity index (χ2v) is 9.04. The quantitative estimate of drug-likeness (QED) is 0.492. The van der Waals surface area contributed by atoms with Crippen LogP contribution in [0.2, 0.25) is 0 Å². The largest absolute Gasteiger partial charge is 0.494 e. The third-order valence-corrected chi connectivity index (χ3v) is 7.20. The minimum Gasteiger partial charge on any atom is -0.494 e. The topological polar surface area (TPSA) is 110 Å². The van der Waals surface area contributed by atoms with E-state index in [-0.39, 0.29) is 54.8 Å². The van der Waals surface area contributed by atoms with Gasteiger partial charge in [-0.05, 0) is 30.2 Å². The predicted octanol–water partition coefficient (Wildman–Crippen LogP) is 2.13. The van der Waals surface area contributed by atoms with Crippen LogP contribution in [-0.4, -0.2) is 61.7 Å². The summed E-state index contributed by atoms with van der Waals surface area (Å²) in [6.07, 6.45) is -0.0162. The molecule has 1 aliphatic heterocycles. The number of nitro benzene ring substituents is 1. The molecule has 0 atom stereocenters. The Balaban J connectivity index is 1.67. The summed E-state index contributed by atoms with van der Waals surface area (Å²) in [5, 5.41) is 11.0. The van der Waals surface area contributed by atoms with E-state index in [1.54, 1.807) is 13.0 Å². The van der Waals surface area contributed by atoms with Gasteiger partial charge in [-0.1, -0.05) is 12.1 Å². The van der Waals surface area contributed by atoms with Crippen molar-refractivity contribution in [2.75, 3.05) is 33.3 Å². The van der Waals surface area contributed by atoms with E-state index in [9.17, 15) is 27.7 Å². The number of carbonyl (C=O) groups excluding carboxylic acids is 1. The first kappa shape index (κ1) is 22.6. The first-order chi connectivity index (χ1) is 14.6. The van der Waals surface area contributed by atoms with E-state index in [1.165, 1.54) is 40.6 Å². The molecule has 1 heterocycles. The summed E-state index contributed by atoms with van der Waals surface area (Å²) >= 11 is 0. The molecule has 2 aromatic rings. The van der Waals surface area contributed by atoms with E-state index < -0.39 is 20.8 Å². The van der Waals surface area contributed by atoms with Gasteiger partial charge in [-0.3, -0.25) is 14.9 Å². The van der Waals surface area contributed by atoms with E-state index >= 15 is 0 Å². The lowest BCUT2D eigenvalue weighted by Crippen LogP contribution is -2.50. The van der Waals surface area contributed by atoms with E-state index in [2.05, 4.69) is 0 Å². The van der Waals surface area contributed by atoms with Crippen LogP contribution in [0.1, 0.15) is 11.1 Å². The van der Waals surface area contributed by atoms with Crippen molar-refractivity contribution in [2.24, 2.45) is 0 Å². The van der Waals surface area contributed by atoms with Gasteiger partial charge in [-0.15, -0.1) is 0 Å².